The summed E-state index contributed by atoms with van der Waals surface area (Å²) in [4.78, 5) is 0. The lowest BCUT2D eigenvalue weighted by Gasteiger charge is -2.02. The van der Waals surface area contributed by atoms with Crippen molar-refractivity contribution in [2.24, 2.45) is 7.05 Å². The Morgan fingerprint density at radius 1 is 1.35 bits per heavy atom. The molecule has 90 valence electrons. The zero-order valence-electron chi connectivity index (χ0n) is 9.40. The number of halogens is 2. The number of nitrogens with two attached hydrogens (primary N) is 1. The Balaban J connectivity index is 2.32. The topological polar surface area (TPSA) is 43.8 Å². The van der Waals surface area contributed by atoms with Crippen LogP contribution in [0.1, 0.15) is 5.56 Å². The van der Waals surface area contributed by atoms with Gasteiger partial charge in [-0.1, -0.05) is 18.2 Å². The first-order valence-corrected chi connectivity index (χ1v) is 5.23. The number of nitrogens with zero attached hydrogens (tertiary/aromatic N) is 2. The van der Waals surface area contributed by atoms with Crippen molar-refractivity contribution in [1.82, 2.24) is 9.78 Å². The molecule has 2 rings (SSSR count). The maximum absolute atomic E-state index is 12.3. The van der Waals surface area contributed by atoms with Crippen LogP contribution in [0.5, 0.6) is 0 Å². The van der Waals surface area contributed by atoms with E-state index in [9.17, 15) is 8.78 Å². The van der Waals surface area contributed by atoms with Crippen molar-refractivity contribution in [1.29, 1.82) is 0 Å². The van der Waals surface area contributed by atoms with Gasteiger partial charge in [0.1, 0.15) is 5.82 Å². The van der Waals surface area contributed by atoms with Crippen LogP contribution in [0, 0.1) is 0 Å². The number of rotatable bonds is 3. The molecule has 0 atom stereocenters. The number of alkyl halides is 2. The van der Waals surface area contributed by atoms with E-state index >= 15 is 0 Å². The predicted octanol–water partition coefficient (Wildman–Crippen LogP) is 2.48. The van der Waals surface area contributed by atoms with E-state index in [1.165, 1.54) is 0 Å². The number of anilines is 1. The van der Waals surface area contributed by atoms with Crippen molar-refractivity contribution in [3.63, 3.8) is 0 Å². The summed E-state index contributed by atoms with van der Waals surface area (Å²) >= 11 is 0. The van der Waals surface area contributed by atoms with Crippen molar-refractivity contribution < 1.29 is 8.78 Å². The number of hydrogen-bond donors (Lipinski definition) is 1. The normalized spacial score (nSPS) is 11.1. The van der Waals surface area contributed by atoms with Gasteiger partial charge in [0.2, 0.25) is 6.43 Å². The van der Waals surface area contributed by atoms with Crippen LogP contribution in [0.25, 0.3) is 11.3 Å². The van der Waals surface area contributed by atoms with E-state index in [4.69, 9.17) is 5.73 Å². The minimum Gasteiger partial charge on any atom is -0.384 e. The van der Waals surface area contributed by atoms with Crippen LogP contribution in [0.2, 0.25) is 0 Å². The Kier molecular flexibility index (Phi) is 3.08. The summed E-state index contributed by atoms with van der Waals surface area (Å²) in [6.07, 6.45) is -2.57. The lowest BCUT2D eigenvalue weighted by Crippen LogP contribution is -1.97. The van der Waals surface area contributed by atoms with E-state index in [0.717, 1.165) is 5.56 Å². The van der Waals surface area contributed by atoms with Crippen LogP contribution < -0.4 is 5.73 Å². The molecule has 17 heavy (non-hydrogen) atoms. The zero-order valence-corrected chi connectivity index (χ0v) is 9.40. The SMILES string of the molecule is Cn1nc(-c2cccc(CC(F)F)c2)cc1N. The van der Waals surface area contributed by atoms with Crippen molar-refractivity contribution in [2.75, 3.05) is 5.73 Å². The van der Waals surface area contributed by atoms with Gasteiger partial charge in [-0.25, -0.2) is 8.78 Å². The van der Waals surface area contributed by atoms with Crippen molar-refractivity contribution in [3.8, 4) is 11.3 Å². The number of benzene rings is 1. The summed E-state index contributed by atoms with van der Waals surface area (Å²) in [6, 6.07) is 8.70. The molecule has 5 heteroatoms. The molecule has 2 aromatic rings. The van der Waals surface area contributed by atoms with Gasteiger partial charge in [0.05, 0.1) is 5.69 Å². The summed E-state index contributed by atoms with van der Waals surface area (Å²) in [5, 5.41) is 4.20. The third kappa shape index (κ3) is 2.61. The van der Waals surface area contributed by atoms with Crippen molar-refractivity contribution in [2.45, 2.75) is 12.8 Å². The molecule has 0 spiro atoms. The summed E-state index contributed by atoms with van der Waals surface area (Å²) < 4.78 is 26.1. The highest BCUT2D eigenvalue weighted by molar-refractivity contribution is 5.63. The average Bonchev–Trinajstić information content (AvgIpc) is 2.59. The van der Waals surface area contributed by atoms with Gasteiger partial charge >= 0.3 is 0 Å². The maximum Gasteiger partial charge on any atom is 0.242 e. The highest BCUT2D eigenvalue weighted by atomic mass is 19.3. The molecule has 0 aliphatic carbocycles. The van der Waals surface area contributed by atoms with Gasteiger partial charge in [-0.05, 0) is 11.6 Å². The van der Waals surface area contributed by atoms with E-state index < -0.39 is 6.43 Å². The second-order valence-corrected chi connectivity index (χ2v) is 3.87. The number of hydrogen-bond acceptors (Lipinski definition) is 2. The summed E-state index contributed by atoms with van der Waals surface area (Å²) in [6.45, 7) is 0. The Hall–Kier alpha value is -1.91. The van der Waals surface area contributed by atoms with E-state index in [2.05, 4.69) is 5.10 Å². The van der Waals surface area contributed by atoms with Gasteiger partial charge in [0.25, 0.3) is 0 Å². The molecule has 0 aliphatic rings. The molecule has 3 nitrogen and oxygen atoms in total. The minimum atomic E-state index is -2.33. The van der Waals surface area contributed by atoms with E-state index in [0.29, 0.717) is 17.1 Å². The standard InChI is InChI=1S/C12H13F2N3/c1-17-12(15)7-10(16-17)9-4-2-3-8(5-9)6-11(13)14/h2-5,7,11H,6,15H2,1H3. The molecule has 0 fully saturated rings. The Bertz CT molecular complexity index is 501. The first kappa shape index (κ1) is 11.6. The van der Waals surface area contributed by atoms with Crippen LogP contribution in [-0.4, -0.2) is 16.2 Å². The quantitative estimate of drug-likeness (QED) is 0.891. The van der Waals surface area contributed by atoms with Crippen LogP contribution >= 0.6 is 0 Å². The van der Waals surface area contributed by atoms with Crippen LogP contribution in [-0.2, 0) is 13.5 Å². The Morgan fingerprint density at radius 2 is 2.12 bits per heavy atom. The van der Waals surface area contributed by atoms with Crippen molar-refractivity contribution >= 4 is 5.82 Å². The van der Waals surface area contributed by atoms with Gasteiger partial charge in [-0.2, -0.15) is 5.10 Å². The second-order valence-electron chi connectivity index (χ2n) is 3.87. The number of nitrogen functional groups attached to an aromatic ring is 1. The predicted molar refractivity (Wildman–Crippen MR) is 62.8 cm³/mol. The second kappa shape index (κ2) is 4.53. The van der Waals surface area contributed by atoms with Crippen LogP contribution in [0.3, 0.4) is 0 Å². The molecular weight excluding hydrogens is 224 g/mol. The maximum atomic E-state index is 12.3. The van der Waals surface area contributed by atoms with Crippen LogP contribution in [0.4, 0.5) is 14.6 Å². The van der Waals surface area contributed by atoms with E-state index in [1.54, 1.807) is 36.0 Å². The van der Waals surface area contributed by atoms with Crippen molar-refractivity contribution in [3.05, 3.63) is 35.9 Å². The molecule has 2 N–H and O–H groups in total. The third-order valence-corrected chi connectivity index (χ3v) is 2.53. The lowest BCUT2D eigenvalue weighted by molar-refractivity contribution is 0.149. The number of aromatic nitrogens is 2. The summed E-state index contributed by atoms with van der Waals surface area (Å²) in [5.41, 5.74) is 7.77. The Morgan fingerprint density at radius 3 is 2.71 bits per heavy atom. The fraction of sp³-hybridized carbons (Fsp3) is 0.250. The molecule has 0 unspecified atom stereocenters. The van der Waals surface area contributed by atoms with Gasteiger partial charge in [-0.3, -0.25) is 4.68 Å². The monoisotopic (exact) mass is 237 g/mol. The molecule has 1 aromatic carbocycles. The first-order chi connectivity index (χ1) is 8.06. The molecule has 0 aliphatic heterocycles. The smallest absolute Gasteiger partial charge is 0.242 e. The molecular formula is C12H13F2N3. The molecule has 0 bridgehead atoms. The minimum absolute atomic E-state index is 0.240. The Labute approximate surface area is 97.9 Å². The third-order valence-electron chi connectivity index (χ3n) is 2.53. The zero-order chi connectivity index (χ0) is 12.4. The fourth-order valence-electron chi connectivity index (χ4n) is 1.66. The van der Waals surface area contributed by atoms with Gasteiger partial charge in [0.15, 0.2) is 0 Å². The van der Waals surface area contributed by atoms with Crippen LogP contribution in [0.15, 0.2) is 30.3 Å². The fourth-order valence-corrected chi connectivity index (χ4v) is 1.66. The largest absolute Gasteiger partial charge is 0.384 e. The number of aryl methyl sites for hydroxylation is 1. The summed E-state index contributed by atoms with van der Waals surface area (Å²) in [7, 11) is 1.74. The lowest BCUT2D eigenvalue weighted by atomic mass is 10.1. The van der Waals surface area contributed by atoms with Gasteiger partial charge in [-0.15, -0.1) is 0 Å². The van der Waals surface area contributed by atoms with E-state index in [-0.39, 0.29) is 6.42 Å². The summed E-state index contributed by atoms with van der Waals surface area (Å²) in [5.74, 6) is 0.541. The molecule has 0 radical (unpaired) electrons. The molecule has 0 saturated heterocycles. The molecule has 1 aromatic heterocycles. The van der Waals surface area contributed by atoms with E-state index in [1.807, 2.05) is 6.07 Å². The highest BCUT2D eigenvalue weighted by Gasteiger charge is 2.08. The van der Waals surface area contributed by atoms with Gasteiger partial charge in [0, 0.05) is 25.1 Å². The molecule has 0 saturated carbocycles. The first-order valence-electron chi connectivity index (χ1n) is 5.23. The van der Waals surface area contributed by atoms with Gasteiger partial charge < -0.3 is 5.73 Å². The molecule has 1 heterocycles. The molecule has 0 amide bonds. The average molecular weight is 237 g/mol. The highest BCUT2D eigenvalue weighted by Crippen LogP contribution is 2.21.